The third-order valence-electron chi connectivity index (χ3n) is 4.01. The molecule has 1 amide bonds. The number of amides is 1. The zero-order valence-electron chi connectivity index (χ0n) is 16.1. The number of hydrogen-bond donors (Lipinski definition) is 1. The number of benzene rings is 2. The van der Waals surface area contributed by atoms with Gasteiger partial charge in [0.05, 0.1) is 12.6 Å². The molecule has 5 heteroatoms. The summed E-state index contributed by atoms with van der Waals surface area (Å²) in [5, 5.41) is 3.05. The smallest absolute Gasteiger partial charge is 0.258 e. The summed E-state index contributed by atoms with van der Waals surface area (Å²) in [5.74, 6) is 1.14. The van der Waals surface area contributed by atoms with Crippen LogP contribution in [0.5, 0.6) is 11.5 Å². The molecule has 0 bridgehead atoms. The van der Waals surface area contributed by atoms with Gasteiger partial charge in [0.25, 0.3) is 5.91 Å². The van der Waals surface area contributed by atoms with Crippen LogP contribution in [-0.4, -0.2) is 25.4 Å². The Morgan fingerprint density at radius 3 is 2.44 bits per heavy atom. The first-order valence-corrected chi connectivity index (χ1v) is 9.22. The highest BCUT2D eigenvalue weighted by molar-refractivity contribution is 5.79. The average molecular weight is 369 g/mol. The van der Waals surface area contributed by atoms with Gasteiger partial charge in [-0.3, -0.25) is 9.59 Å². The highest BCUT2D eigenvalue weighted by atomic mass is 16.5. The van der Waals surface area contributed by atoms with E-state index in [-0.39, 0.29) is 18.6 Å². The molecule has 1 atom stereocenters. The molecule has 2 aromatic rings. The Hall–Kier alpha value is -2.82. The van der Waals surface area contributed by atoms with Gasteiger partial charge in [0.1, 0.15) is 6.29 Å². The van der Waals surface area contributed by atoms with Gasteiger partial charge in [-0.1, -0.05) is 44.2 Å². The summed E-state index contributed by atoms with van der Waals surface area (Å²) in [4.78, 5) is 23.4. The first-order valence-electron chi connectivity index (χ1n) is 9.22. The molecule has 0 unspecified atom stereocenters. The second kappa shape index (κ2) is 10.4. The molecule has 0 aromatic heterocycles. The normalized spacial score (nSPS) is 11.7. The van der Waals surface area contributed by atoms with E-state index in [0.29, 0.717) is 29.6 Å². The van der Waals surface area contributed by atoms with Gasteiger partial charge in [-0.15, -0.1) is 0 Å². The van der Waals surface area contributed by atoms with Gasteiger partial charge < -0.3 is 14.8 Å². The number of nitrogens with one attached hydrogen (secondary N) is 1. The molecule has 0 saturated carbocycles. The molecule has 0 saturated heterocycles. The Morgan fingerprint density at radius 1 is 1.07 bits per heavy atom. The number of carbonyl (C=O) groups excluding carboxylic acids is 2. The lowest BCUT2D eigenvalue weighted by molar-refractivity contribution is -0.124. The molecule has 2 aromatic carbocycles. The van der Waals surface area contributed by atoms with E-state index in [0.717, 1.165) is 18.3 Å². The lowest BCUT2D eigenvalue weighted by atomic mass is 9.97. The minimum atomic E-state index is -0.202. The van der Waals surface area contributed by atoms with Crippen molar-refractivity contribution in [1.29, 1.82) is 0 Å². The molecule has 1 N–H and O–H groups in total. The Labute approximate surface area is 160 Å². The Balaban J connectivity index is 2.02. The van der Waals surface area contributed by atoms with Gasteiger partial charge >= 0.3 is 0 Å². The third-order valence-corrected chi connectivity index (χ3v) is 4.01. The molecule has 0 aliphatic rings. The summed E-state index contributed by atoms with van der Waals surface area (Å²) in [6.07, 6.45) is 1.59. The van der Waals surface area contributed by atoms with Gasteiger partial charge in [-0.05, 0) is 43.0 Å². The van der Waals surface area contributed by atoms with Crippen molar-refractivity contribution >= 4 is 12.2 Å². The second-order valence-electron chi connectivity index (χ2n) is 6.71. The quantitative estimate of drug-likeness (QED) is 0.638. The molecule has 27 heavy (non-hydrogen) atoms. The second-order valence-corrected chi connectivity index (χ2v) is 6.71. The van der Waals surface area contributed by atoms with Crippen molar-refractivity contribution in [3.05, 3.63) is 59.7 Å². The molecular formula is C22H27NO4. The van der Waals surface area contributed by atoms with E-state index < -0.39 is 0 Å². The maximum Gasteiger partial charge on any atom is 0.258 e. The number of rotatable bonds is 10. The predicted molar refractivity (Wildman–Crippen MR) is 105 cm³/mol. The van der Waals surface area contributed by atoms with Crippen LogP contribution in [0, 0.1) is 5.92 Å². The molecule has 0 aliphatic heterocycles. The van der Waals surface area contributed by atoms with E-state index in [1.807, 2.05) is 37.3 Å². The lowest BCUT2D eigenvalue weighted by Gasteiger charge is -2.21. The molecule has 0 heterocycles. The van der Waals surface area contributed by atoms with Crippen LogP contribution in [-0.2, 0) is 4.79 Å². The van der Waals surface area contributed by atoms with Crippen molar-refractivity contribution in [2.75, 3.05) is 13.2 Å². The van der Waals surface area contributed by atoms with E-state index in [2.05, 4.69) is 19.2 Å². The number of ether oxygens (including phenoxy) is 2. The zero-order chi connectivity index (χ0) is 19.6. The van der Waals surface area contributed by atoms with Gasteiger partial charge in [0.2, 0.25) is 0 Å². The summed E-state index contributed by atoms with van der Waals surface area (Å²) < 4.78 is 11.1. The van der Waals surface area contributed by atoms with Crippen molar-refractivity contribution in [2.24, 2.45) is 5.92 Å². The SMILES string of the molecule is CCOc1cc(C=O)ccc1OCC(=O)N[C@@H](CC(C)C)c1ccccc1. The van der Waals surface area contributed by atoms with E-state index >= 15 is 0 Å². The van der Waals surface area contributed by atoms with Crippen LogP contribution in [0.25, 0.3) is 0 Å². The fourth-order valence-electron chi connectivity index (χ4n) is 2.80. The summed E-state index contributed by atoms with van der Waals surface area (Å²) in [5.41, 5.74) is 1.57. The summed E-state index contributed by atoms with van der Waals surface area (Å²) in [6, 6.07) is 14.7. The first-order chi connectivity index (χ1) is 13.0. The minimum Gasteiger partial charge on any atom is -0.490 e. The van der Waals surface area contributed by atoms with E-state index in [1.165, 1.54) is 0 Å². The summed E-state index contributed by atoms with van der Waals surface area (Å²) >= 11 is 0. The van der Waals surface area contributed by atoms with Crippen LogP contribution in [0.1, 0.15) is 49.2 Å². The van der Waals surface area contributed by atoms with Crippen LogP contribution in [0.15, 0.2) is 48.5 Å². The highest BCUT2D eigenvalue weighted by Crippen LogP contribution is 2.28. The van der Waals surface area contributed by atoms with Gasteiger partial charge in [0.15, 0.2) is 18.1 Å². The standard InChI is InChI=1S/C22H27NO4/c1-4-26-21-13-17(14-24)10-11-20(21)27-15-22(25)23-19(12-16(2)3)18-8-6-5-7-9-18/h5-11,13-14,16,19H,4,12,15H2,1-3H3,(H,23,25)/t19-/m0/s1. The van der Waals surface area contributed by atoms with Gasteiger partial charge in [0, 0.05) is 5.56 Å². The topological polar surface area (TPSA) is 64.6 Å². The molecule has 144 valence electrons. The average Bonchev–Trinajstić information content (AvgIpc) is 2.67. The third kappa shape index (κ3) is 6.44. The van der Waals surface area contributed by atoms with Crippen LogP contribution in [0.4, 0.5) is 0 Å². The van der Waals surface area contributed by atoms with Crippen molar-refractivity contribution in [1.82, 2.24) is 5.32 Å². The van der Waals surface area contributed by atoms with Crippen molar-refractivity contribution in [2.45, 2.75) is 33.2 Å². The molecular weight excluding hydrogens is 342 g/mol. The Bertz CT molecular complexity index is 743. The number of carbonyl (C=O) groups is 2. The van der Waals surface area contributed by atoms with Crippen LogP contribution in [0.3, 0.4) is 0 Å². The fourth-order valence-corrected chi connectivity index (χ4v) is 2.80. The Morgan fingerprint density at radius 2 is 1.81 bits per heavy atom. The minimum absolute atomic E-state index is 0.0638. The maximum atomic E-state index is 12.4. The number of hydrogen-bond acceptors (Lipinski definition) is 4. The zero-order valence-corrected chi connectivity index (χ0v) is 16.1. The van der Waals surface area contributed by atoms with Crippen LogP contribution >= 0.6 is 0 Å². The largest absolute Gasteiger partial charge is 0.490 e. The van der Waals surface area contributed by atoms with E-state index in [9.17, 15) is 9.59 Å². The maximum absolute atomic E-state index is 12.4. The molecule has 0 spiro atoms. The summed E-state index contributed by atoms with van der Waals surface area (Å²) in [7, 11) is 0. The van der Waals surface area contributed by atoms with E-state index in [1.54, 1.807) is 18.2 Å². The monoisotopic (exact) mass is 369 g/mol. The number of aldehydes is 1. The lowest BCUT2D eigenvalue weighted by Crippen LogP contribution is -2.33. The molecule has 5 nitrogen and oxygen atoms in total. The molecule has 2 rings (SSSR count). The van der Waals surface area contributed by atoms with Gasteiger partial charge in [-0.25, -0.2) is 0 Å². The Kier molecular flexibility index (Phi) is 7.86. The first kappa shape index (κ1) is 20.5. The predicted octanol–water partition coefficient (Wildman–Crippen LogP) is 4.18. The van der Waals surface area contributed by atoms with Crippen LogP contribution in [0.2, 0.25) is 0 Å². The summed E-state index contributed by atoms with van der Waals surface area (Å²) in [6.45, 7) is 6.42. The highest BCUT2D eigenvalue weighted by Gasteiger charge is 2.17. The van der Waals surface area contributed by atoms with Crippen molar-refractivity contribution < 1.29 is 19.1 Å². The van der Waals surface area contributed by atoms with Gasteiger partial charge in [-0.2, -0.15) is 0 Å². The van der Waals surface area contributed by atoms with Crippen LogP contribution < -0.4 is 14.8 Å². The fraction of sp³-hybridized carbons (Fsp3) is 0.364. The molecule has 0 fully saturated rings. The molecule has 0 aliphatic carbocycles. The van der Waals surface area contributed by atoms with Crippen molar-refractivity contribution in [3.8, 4) is 11.5 Å². The van der Waals surface area contributed by atoms with E-state index in [4.69, 9.17) is 9.47 Å². The van der Waals surface area contributed by atoms with Crippen molar-refractivity contribution in [3.63, 3.8) is 0 Å². The molecule has 0 radical (unpaired) electrons.